The molecular formula is C23H23F3N2O3. The second-order valence-corrected chi connectivity index (χ2v) is 8.39. The number of carbonyl (C=O) groups excluding carboxylic acids is 1. The summed E-state index contributed by atoms with van der Waals surface area (Å²) in [6.45, 7) is 3.02. The Balaban J connectivity index is 1.41. The van der Waals surface area contributed by atoms with Gasteiger partial charge in [0.15, 0.2) is 0 Å². The van der Waals surface area contributed by atoms with E-state index >= 15 is 0 Å². The monoisotopic (exact) mass is 432 g/mol. The molecule has 2 aromatic carbocycles. The molecule has 1 aliphatic heterocycles. The number of fused-ring (bicyclic) bond motifs is 1. The molecule has 1 aliphatic carbocycles. The average molecular weight is 432 g/mol. The second-order valence-electron chi connectivity index (χ2n) is 8.39. The topological polar surface area (TPSA) is 69.6 Å². The van der Waals surface area contributed by atoms with E-state index in [4.69, 9.17) is 5.11 Å². The summed E-state index contributed by atoms with van der Waals surface area (Å²) >= 11 is 0. The van der Waals surface area contributed by atoms with Crippen LogP contribution in [0.3, 0.4) is 0 Å². The molecule has 5 nitrogen and oxygen atoms in total. The number of nitrogens with one attached hydrogen (secondary N) is 1. The minimum atomic E-state index is -4.37. The molecule has 8 heteroatoms. The van der Waals surface area contributed by atoms with Crippen molar-refractivity contribution in [2.24, 2.45) is 11.8 Å². The lowest BCUT2D eigenvalue weighted by Crippen LogP contribution is -2.46. The number of piperidine rings is 1. The molecule has 2 aromatic rings. The minimum absolute atomic E-state index is 0.105. The van der Waals surface area contributed by atoms with Crippen LogP contribution in [-0.2, 0) is 17.5 Å². The Morgan fingerprint density at radius 1 is 1.13 bits per heavy atom. The van der Waals surface area contributed by atoms with Gasteiger partial charge < -0.3 is 10.4 Å². The summed E-state index contributed by atoms with van der Waals surface area (Å²) in [5, 5.41) is 12.0. The molecule has 2 aliphatic rings. The molecule has 164 valence electrons. The third-order valence-electron chi connectivity index (χ3n) is 6.20. The number of aromatic carboxylic acids is 1. The molecule has 1 amide bonds. The van der Waals surface area contributed by atoms with Crippen molar-refractivity contribution < 1.29 is 27.9 Å². The number of carboxylic acid groups (broad SMARTS) is 1. The van der Waals surface area contributed by atoms with Crippen LogP contribution in [-0.4, -0.2) is 34.5 Å². The van der Waals surface area contributed by atoms with E-state index in [1.165, 1.54) is 24.3 Å². The predicted molar refractivity (Wildman–Crippen MR) is 107 cm³/mol. The van der Waals surface area contributed by atoms with Gasteiger partial charge in [-0.1, -0.05) is 24.3 Å². The van der Waals surface area contributed by atoms with Gasteiger partial charge in [-0.15, -0.1) is 0 Å². The van der Waals surface area contributed by atoms with Crippen LogP contribution in [0.4, 0.5) is 13.2 Å². The number of alkyl halides is 3. The number of likely N-dealkylation sites (tertiary alicyclic amines) is 1. The Morgan fingerprint density at radius 2 is 1.77 bits per heavy atom. The lowest BCUT2D eigenvalue weighted by atomic mass is 10.0. The number of carboxylic acids is 1. The normalized spacial score (nSPS) is 23.8. The van der Waals surface area contributed by atoms with Crippen molar-refractivity contribution in [1.82, 2.24) is 10.2 Å². The Kier molecular flexibility index (Phi) is 5.51. The number of halogens is 3. The van der Waals surface area contributed by atoms with Crippen LogP contribution in [0.5, 0.6) is 0 Å². The number of nitrogens with zero attached hydrogens (tertiary/aromatic N) is 1. The molecule has 4 rings (SSSR count). The van der Waals surface area contributed by atoms with Crippen LogP contribution < -0.4 is 5.32 Å². The van der Waals surface area contributed by atoms with Gasteiger partial charge in [-0.2, -0.15) is 13.2 Å². The number of rotatable bonds is 6. The highest BCUT2D eigenvalue weighted by atomic mass is 19.4. The quantitative estimate of drug-likeness (QED) is 0.721. The first-order chi connectivity index (χ1) is 14.6. The predicted octanol–water partition coefficient (Wildman–Crippen LogP) is 4.10. The zero-order valence-electron chi connectivity index (χ0n) is 16.9. The van der Waals surface area contributed by atoms with Crippen molar-refractivity contribution >= 4 is 11.9 Å². The van der Waals surface area contributed by atoms with Gasteiger partial charge in [0.2, 0.25) is 5.91 Å². The van der Waals surface area contributed by atoms with E-state index < -0.39 is 17.7 Å². The van der Waals surface area contributed by atoms with E-state index in [0.717, 1.165) is 36.2 Å². The molecule has 31 heavy (non-hydrogen) atoms. The maximum atomic E-state index is 13.0. The van der Waals surface area contributed by atoms with Gasteiger partial charge in [0, 0.05) is 13.1 Å². The van der Waals surface area contributed by atoms with Crippen molar-refractivity contribution in [1.29, 1.82) is 0 Å². The summed E-state index contributed by atoms with van der Waals surface area (Å²) in [5.41, 5.74) is 1.04. The molecule has 0 spiro atoms. The van der Waals surface area contributed by atoms with Gasteiger partial charge in [0.05, 0.1) is 23.2 Å². The summed E-state index contributed by atoms with van der Waals surface area (Å²) in [6, 6.07) is 10.9. The SMILES string of the molecule is C[C@H](NC(=O)C1C2CC2CN1Cc1ccc(C(F)(F)F)cc1)c1ccc(C(=O)O)cc1. The maximum absolute atomic E-state index is 13.0. The minimum Gasteiger partial charge on any atom is -0.478 e. The van der Waals surface area contributed by atoms with Crippen molar-refractivity contribution in [3.8, 4) is 0 Å². The van der Waals surface area contributed by atoms with Crippen LogP contribution in [0, 0.1) is 11.8 Å². The zero-order chi connectivity index (χ0) is 22.3. The van der Waals surface area contributed by atoms with Crippen molar-refractivity contribution in [3.05, 3.63) is 70.8 Å². The van der Waals surface area contributed by atoms with E-state index in [0.29, 0.717) is 12.5 Å². The van der Waals surface area contributed by atoms with Crippen LogP contribution in [0.25, 0.3) is 0 Å². The fourth-order valence-corrected chi connectivity index (χ4v) is 4.41. The fourth-order valence-electron chi connectivity index (χ4n) is 4.41. The number of hydrogen-bond donors (Lipinski definition) is 2. The molecular weight excluding hydrogens is 409 g/mol. The molecule has 2 fully saturated rings. The Bertz CT molecular complexity index is 973. The summed E-state index contributed by atoms with van der Waals surface area (Å²) in [6.07, 6.45) is -3.38. The van der Waals surface area contributed by atoms with Crippen molar-refractivity contribution in [3.63, 3.8) is 0 Å². The summed E-state index contributed by atoms with van der Waals surface area (Å²) in [4.78, 5) is 26.1. The molecule has 1 heterocycles. The second kappa shape index (κ2) is 8.00. The average Bonchev–Trinajstić information content (AvgIpc) is 3.37. The zero-order valence-corrected chi connectivity index (χ0v) is 16.9. The largest absolute Gasteiger partial charge is 0.478 e. The third-order valence-corrected chi connectivity index (χ3v) is 6.20. The first kappa shape index (κ1) is 21.4. The Morgan fingerprint density at radius 3 is 2.35 bits per heavy atom. The van der Waals surface area contributed by atoms with Gasteiger partial charge in [0.1, 0.15) is 0 Å². The van der Waals surface area contributed by atoms with E-state index in [2.05, 4.69) is 5.32 Å². The van der Waals surface area contributed by atoms with Crippen LogP contribution in [0.15, 0.2) is 48.5 Å². The summed E-state index contributed by atoms with van der Waals surface area (Å²) in [5.74, 6) is -0.383. The number of carbonyl (C=O) groups is 2. The molecule has 0 aromatic heterocycles. The molecule has 4 atom stereocenters. The highest BCUT2D eigenvalue weighted by molar-refractivity contribution is 5.87. The molecule has 2 N–H and O–H groups in total. The van der Waals surface area contributed by atoms with Crippen molar-refractivity contribution in [2.45, 2.75) is 38.1 Å². The van der Waals surface area contributed by atoms with Crippen LogP contribution in [0.2, 0.25) is 0 Å². The van der Waals surface area contributed by atoms with E-state index in [1.54, 1.807) is 12.1 Å². The first-order valence-corrected chi connectivity index (χ1v) is 10.2. The van der Waals surface area contributed by atoms with Gasteiger partial charge in [0.25, 0.3) is 0 Å². The Hall–Kier alpha value is -2.87. The molecule has 0 bridgehead atoms. The van der Waals surface area contributed by atoms with Crippen LogP contribution in [0.1, 0.15) is 46.4 Å². The highest BCUT2D eigenvalue weighted by Crippen LogP contribution is 2.50. The third kappa shape index (κ3) is 4.58. The number of amides is 1. The number of benzene rings is 2. The van der Waals surface area contributed by atoms with Gasteiger partial charge >= 0.3 is 12.1 Å². The lowest BCUT2D eigenvalue weighted by Gasteiger charge is -2.28. The molecule has 3 unspecified atom stereocenters. The summed E-state index contributed by atoms with van der Waals surface area (Å²) < 4.78 is 38.3. The van der Waals surface area contributed by atoms with Gasteiger partial charge in [-0.25, -0.2) is 4.79 Å². The molecule has 1 saturated heterocycles. The lowest BCUT2D eigenvalue weighted by molar-refractivity contribution is -0.137. The smallest absolute Gasteiger partial charge is 0.416 e. The fraction of sp³-hybridized carbons (Fsp3) is 0.391. The summed E-state index contributed by atoms with van der Waals surface area (Å²) in [7, 11) is 0. The Labute approximate surface area is 177 Å². The standard InChI is InChI=1S/C23H23F3N2O3/c1-13(15-4-6-16(7-5-15)22(30)31)27-21(29)20-19-10-17(19)12-28(20)11-14-2-8-18(9-3-14)23(24,25)26/h2-9,13,17,19-20H,10-12H2,1H3,(H,27,29)(H,30,31)/t13-,17?,19?,20?/m0/s1. The van der Waals surface area contributed by atoms with E-state index in [1.807, 2.05) is 11.8 Å². The number of hydrogen-bond acceptors (Lipinski definition) is 3. The van der Waals surface area contributed by atoms with Crippen molar-refractivity contribution in [2.75, 3.05) is 6.54 Å². The van der Waals surface area contributed by atoms with E-state index in [-0.39, 0.29) is 29.5 Å². The highest BCUT2D eigenvalue weighted by Gasteiger charge is 2.55. The van der Waals surface area contributed by atoms with E-state index in [9.17, 15) is 22.8 Å². The first-order valence-electron chi connectivity index (χ1n) is 10.2. The molecule has 1 saturated carbocycles. The van der Waals surface area contributed by atoms with Gasteiger partial charge in [-0.05, 0) is 60.6 Å². The van der Waals surface area contributed by atoms with Crippen LogP contribution >= 0.6 is 0 Å². The maximum Gasteiger partial charge on any atom is 0.416 e. The van der Waals surface area contributed by atoms with Gasteiger partial charge in [-0.3, -0.25) is 9.69 Å². The molecule has 0 radical (unpaired) electrons.